The highest BCUT2D eigenvalue weighted by Crippen LogP contribution is 2.14. The number of thioether (sulfide) groups is 1. The van der Waals surface area contributed by atoms with Crippen LogP contribution < -0.4 is 10.6 Å². The molecule has 0 spiro atoms. The average molecular weight is 266 g/mol. The van der Waals surface area contributed by atoms with E-state index in [0.717, 1.165) is 23.5 Å². The smallest absolute Gasteiger partial charge is 0.224 e. The van der Waals surface area contributed by atoms with Gasteiger partial charge < -0.3 is 10.6 Å². The van der Waals surface area contributed by atoms with Crippen LogP contribution in [0.5, 0.6) is 0 Å². The lowest BCUT2D eigenvalue weighted by Gasteiger charge is -2.06. The van der Waals surface area contributed by atoms with Crippen molar-refractivity contribution < 1.29 is 9.59 Å². The molecule has 0 aliphatic rings. The minimum atomic E-state index is -0.108. The lowest BCUT2D eigenvalue weighted by Crippen LogP contribution is -2.11. The van der Waals surface area contributed by atoms with Crippen LogP contribution in [-0.2, 0) is 9.59 Å². The standard InChI is InChI=1S/C13H18N2O2S/c1-10(16)14-11-5-7-12(8-6-11)15-13(17)4-3-9-18-2/h5-8H,3-4,9H2,1-2H3,(H,14,16)(H,15,17). The summed E-state index contributed by atoms with van der Waals surface area (Å²) < 4.78 is 0. The molecule has 2 N–H and O–H groups in total. The van der Waals surface area contributed by atoms with Crippen molar-refractivity contribution in [2.75, 3.05) is 22.6 Å². The Bertz CT molecular complexity index is 404. The SMILES string of the molecule is CSCCCC(=O)Nc1ccc(NC(C)=O)cc1. The van der Waals surface area contributed by atoms with E-state index in [2.05, 4.69) is 10.6 Å². The molecule has 0 aromatic heterocycles. The van der Waals surface area contributed by atoms with Crippen molar-refractivity contribution in [1.29, 1.82) is 0 Å². The highest BCUT2D eigenvalue weighted by atomic mass is 32.2. The molecular formula is C13H18N2O2S. The largest absolute Gasteiger partial charge is 0.326 e. The molecule has 98 valence electrons. The fraction of sp³-hybridized carbons (Fsp3) is 0.385. The first-order valence-electron chi connectivity index (χ1n) is 5.78. The molecule has 0 aliphatic carbocycles. The molecule has 0 radical (unpaired) electrons. The first kappa shape index (κ1) is 14.6. The minimum absolute atomic E-state index is 0.0244. The van der Waals surface area contributed by atoms with Gasteiger partial charge >= 0.3 is 0 Å². The molecule has 1 rings (SSSR count). The maximum Gasteiger partial charge on any atom is 0.224 e. The number of hydrogen-bond acceptors (Lipinski definition) is 3. The van der Waals surface area contributed by atoms with Gasteiger partial charge in [-0.1, -0.05) is 0 Å². The van der Waals surface area contributed by atoms with E-state index in [9.17, 15) is 9.59 Å². The van der Waals surface area contributed by atoms with Gasteiger partial charge in [-0.05, 0) is 42.7 Å². The number of hydrogen-bond donors (Lipinski definition) is 2. The topological polar surface area (TPSA) is 58.2 Å². The molecule has 2 amide bonds. The maximum absolute atomic E-state index is 11.6. The molecule has 0 saturated heterocycles. The summed E-state index contributed by atoms with van der Waals surface area (Å²) in [6.45, 7) is 1.46. The second-order valence-corrected chi connectivity index (χ2v) is 4.89. The monoisotopic (exact) mass is 266 g/mol. The highest BCUT2D eigenvalue weighted by molar-refractivity contribution is 7.98. The summed E-state index contributed by atoms with van der Waals surface area (Å²) in [5.41, 5.74) is 1.47. The third-order valence-electron chi connectivity index (χ3n) is 2.24. The van der Waals surface area contributed by atoms with Crippen molar-refractivity contribution >= 4 is 35.0 Å². The van der Waals surface area contributed by atoms with Gasteiger partial charge in [-0.2, -0.15) is 11.8 Å². The summed E-state index contributed by atoms with van der Waals surface area (Å²) in [7, 11) is 0. The number of benzene rings is 1. The van der Waals surface area contributed by atoms with Gasteiger partial charge in [0.25, 0.3) is 0 Å². The fourth-order valence-electron chi connectivity index (χ4n) is 1.44. The van der Waals surface area contributed by atoms with E-state index < -0.39 is 0 Å². The van der Waals surface area contributed by atoms with Crippen LogP contribution in [-0.4, -0.2) is 23.8 Å². The number of nitrogens with one attached hydrogen (secondary N) is 2. The molecule has 0 aliphatic heterocycles. The number of rotatable bonds is 6. The van der Waals surface area contributed by atoms with Gasteiger partial charge in [0.2, 0.25) is 11.8 Å². The summed E-state index contributed by atoms with van der Waals surface area (Å²) >= 11 is 1.74. The van der Waals surface area contributed by atoms with Crippen LogP contribution in [0.4, 0.5) is 11.4 Å². The van der Waals surface area contributed by atoms with Crippen LogP contribution in [0.1, 0.15) is 19.8 Å². The molecular weight excluding hydrogens is 248 g/mol. The minimum Gasteiger partial charge on any atom is -0.326 e. The Morgan fingerprint density at radius 3 is 2.17 bits per heavy atom. The summed E-state index contributed by atoms with van der Waals surface area (Å²) in [6, 6.07) is 7.08. The van der Waals surface area contributed by atoms with Gasteiger partial charge in [0.05, 0.1) is 0 Å². The van der Waals surface area contributed by atoms with Crippen LogP contribution in [0.2, 0.25) is 0 Å². The molecule has 0 fully saturated rings. The van der Waals surface area contributed by atoms with Gasteiger partial charge in [-0.3, -0.25) is 9.59 Å². The summed E-state index contributed by atoms with van der Waals surface area (Å²) in [5.74, 6) is 0.912. The summed E-state index contributed by atoms with van der Waals surface area (Å²) in [5, 5.41) is 5.49. The molecule has 1 aromatic rings. The Hall–Kier alpha value is -1.49. The number of carbonyl (C=O) groups is 2. The van der Waals surface area contributed by atoms with Crippen molar-refractivity contribution in [3.05, 3.63) is 24.3 Å². The Morgan fingerprint density at radius 1 is 1.11 bits per heavy atom. The predicted octanol–water partition coefficient (Wildman–Crippen LogP) is 2.73. The Morgan fingerprint density at radius 2 is 1.67 bits per heavy atom. The third kappa shape index (κ3) is 5.72. The maximum atomic E-state index is 11.6. The fourth-order valence-corrected chi connectivity index (χ4v) is 1.87. The zero-order valence-electron chi connectivity index (χ0n) is 10.7. The Balaban J connectivity index is 2.43. The Kier molecular flexibility index (Phi) is 6.28. The summed E-state index contributed by atoms with van der Waals surface area (Å²) in [6.07, 6.45) is 3.45. The molecule has 0 atom stereocenters. The van der Waals surface area contributed by atoms with Crippen LogP contribution in [0.25, 0.3) is 0 Å². The van der Waals surface area contributed by atoms with Crippen molar-refractivity contribution in [3.63, 3.8) is 0 Å². The van der Waals surface area contributed by atoms with Gasteiger partial charge in [0.1, 0.15) is 0 Å². The molecule has 0 saturated carbocycles. The lowest BCUT2D eigenvalue weighted by atomic mass is 10.2. The normalized spacial score (nSPS) is 9.89. The molecule has 18 heavy (non-hydrogen) atoms. The number of anilines is 2. The average Bonchev–Trinajstić information content (AvgIpc) is 2.31. The van der Waals surface area contributed by atoms with Gasteiger partial charge in [-0.15, -0.1) is 0 Å². The quantitative estimate of drug-likeness (QED) is 0.778. The van der Waals surface area contributed by atoms with Gasteiger partial charge in [0.15, 0.2) is 0 Å². The van der Waals surface area contributed by atoms with Gasteiger partial charge in [-0.25, -0.2) is 0 Å². The highest BCUT2D eigenvalue weighted by Gasteiger charge is 2.02. The van der Waals surface area contributed by atoms with Crippen molar-refractivity contribution in [3.8, 4) is 0 Å². The lowest BCUT2D eigenvalue weighted by molar-refractivity contribution is -0.116. The van der Waals surface area contributed by atoms with Crippen LogP contribution >= 0.6 is 11.8 Å². The van der Waals surface area contributed by atoms with Crippen LogP contribution in [0, 0.1) is 0 Å². The second kappa shape index (κ2) is 7.76. The van der Waals surface area contributed by atoms with Crippen LogP contribution in [0.3, 0.4) is 0 Å². The molecule has 4 nitrogen and oxygen atoms in total. The Labute approximate surface area is 112 Å². The molecule has 1 aromatic carbocycles. The predicted molar refractivity (Wildman–Crippen MR) is 77.0 cm³/mol. The van der Waals surface area contributed by atoms with E-state index in [1.165, 1.54) is 6.92 Å². The van der Waals surface area contributed by atoms with Crippen molar-refractivity contribution in [2.45, 2.75) is 19.8 Å². The second-order valence-electron chi connectivity index (χ2n) is 3.90. The van der Waals surface area contributed by atoms with E-state index in [1.54, 1.807) is 36.0 Å². The molecule has 5 heteroatoms. The zero-order chi connectivity index (χ0) is 13.4. The number of amides is 2. The summed E-state index contributed by atoms with van der Waals surface area (Å²) in [4.78, 5) is 22.4. The number of carbonyl (C=O) groups excluding carboxylic acids is 2. The van der Waals surface area contributed by atoms with E-state index in [1.807, 2.05) is 6.26 Å². The van der Waals surface area contributed by atoms with E-state index in [4.69, 9.17) is 0 Å². The van der Waals surface area contributed by atoms with E-state index in [0.29, 0.717) is 6.42 Å². The van der Waals surface area contributed by atoms with Crippen LogP contribution in [0.15, 0.2) is 24.3 Å². The molecule has 0 heterocycles. The van der Waals surface area contributed by atoms with E-state index >= 15 is 0 Å². The van der Waals surface area contributed by atoms with Crippen molar-refractivity contribution in [1.82, 2.24) is 0 Å². The third-order valence-corrected chi connectivity index (χ3v) is 2.94. The molecule has 0 unspecified atom stereocenters. The first-order valence-corrected chi connectivity index (χ1v) is 7.17. The zero-order valence-corrected chi connectivity index (χ0v) is 11.5. The first-order chi connectivity index (χ1) is 8.61. The van der Waals surface area contributed by atoms with E-state index in [-0.39, 0.29) is 11.8 Å². The van der Waals surface area contributed by atoms with Crippen molar-refractivity contribution in [2.24, 2.45) is 0 Å². The molecule has 0 bridgehead atoms. The van der Waals surface area contributed by atoms with Gasteiger partial charge in [0, 0.05) is 24.7 Å².